The summed E-state index contributed by atoms with van der Waals surface area (Å²) < 4.78 is 5.35. The molecule has 0 unspecified atom stereocenters. The summed E-state index contributed by atoms with van der Waals surface area (Å²) in [5, 5.41) is 0. The Hall–Kier alpha value is -0.540. The van der Waals surface area contributed by atoms with Crippen LogP contribution in [0.4, 0.5) is 0 Å². The van der Waals surface area contributed by atoms with Crippen LogP contribution >= 0.6 is 12.4 Å². The lowest BCUT2D eigenvalue weighted by Gasteiger charge is -1.89. The van der Waals surface area contributed by atoms with Crippen LogP contribution in [-0.2, 0) is 6.42 Å². The van der Waals surface area contributed by atoms with E-state index in [1.165, 1.54) is 0 Å². The first-order valence-electron chi connectivity index (χ1n) is 3.87. The van der Waals surface area contributed by atoms with E-state index < -0.39 is 0 Å². The molecule has 1 rings (SSSR count). The van der Waals surface area contributed by atoms with E-state index in [0.717, 1.165) is 30.2 Å². The molecule has 0 saturated carbocycles. The quantitative estimate of drug-likeness (QED) is 0.788. The van der Waals surface area contributed by atoms with Crippen molar-refractivity contribution in [3.63, 3.8) is 0 Å². The largest absolute Gasteiger partial charge is 0.446 e. The number of oxazole rings is 1. The minimum absolute atomic E-state index is 0. The number of nitrogens with zero attached hydrogens (tertiary/aromatic N) is 1. The lowest BCUT2D eigenvalue weighted by Crippen LogP contribution is -2.00. The Labute approximate surface area is 78.8 Å². The van der Waals surface area contributed by atoms with Gasteiger partial charge >= 0.3 is 0 Å². The second-order valence-electron chi connectivity index (χ2n) is 2.64. The highest BCUT2D eigenvalue weighted by Gasteiger charge is 2.03. The molecule has 0 fully saturated rings. The minimum atomic E-state index is 0. The van der Waals surface area contributed by atoms with Crippen LogP contribution in [0.1, 0.15) is 23.8 Å². The first-order valence-corrected chi connectivity index (χ1v) is 3.87. The average molecular weight is 191 g/mol. The molecule has 0 saturated heterocycles. The third-order valence-electron chi connectivity index (χ3n) is 1.67. The second kappa shape index (κ2) is 5.17. The van der Waals surface area contributed by atoms with Crippen LogP contribution in [0, 0.1) is 13.8 Å². The van der Waals surface area contributed by atoms with Crippen molar-refractivity contribution in [1.29, 1.82) is 0 Å². The molecule has 1 heterocycles. The number of hydrogen-bond acceptors (Lipinski definition) is 3. The molecule has 0 aliphatic carbocycles. The third kappa shape index (κ3) is 2.83. The standard InChI is InChI=1S/C8H14N2O.ClH/c1-6-7(2)11-8(10-6)4-3-5-9;/h3-5,9H2,1-2H3;1H. The Morgan fingerprint density at radius 1 is 1.42 bits per heavy atom. The molecular formula is C8H15ClN2O. The molecular weight excluding hydrogens is 176 g/mol. The molecule has 0 aliphatic rings. The molecule has 0 radical (unpaired) electrons. The van der Waals surface area contributed by atoms with Crippen LogP contribution in [-0.4, -0.2) is 11.5 Å². The maximum Gasteiger partial charge on any atom is 0.194 e. The molecule has 3 nitrogen and oxygen atoms in total. The van der Waals surface area contributed by atoms with E-state index in [1.54, 1.807) is 0 Å². The summed E-state index contributed by atoms with van der Waals surface area (Å²) in [7, 11) is 0. The van der Waals surface area contributed by atoms with Crippen molar-refractivity contribution in [2.75, 3.05) is 6.54 Å². The molecule has 0 aliphatic heterocycles. The fourth-order valence-corrected chi connectivity index (χ4v) is 0.899. The summed E-state index contributed by atoms with van der Waals surface area (Å²) >= 11 is 0. The zero-order valence-electron chi connectivity index (χ0n) is 7.46. The van der Waals surface area contributed by atoms with Gasteiger partial charge in [-0.1, -0.05) is 0 Å². The Balaban J connectivity index is 0.00000121. The van der Waals surface area contributed by atoms with Crippen molar-refractivity contribution in [3.8, 4) is 0 Å². The number of halogens is 1. The van der Waals surface area contributed by atoms with E-state index in [-0.39, 0.29) is 12.4 Å². The molecule has 2 N–H and O–H groups in total. The predicted octanol–water partition coefficient (Wildman–Crippen LogP) is 1.60. The normalized spacial score (nSPS) is 9.58. The highest BCUT2D eigenvalue weighted by molar-refractivity contribution is 5.85. The SMILES string of the molecule is Cc1nc(CCCN)oc1C.Cl. The summed E-state index contributed by atoms with van der Waals surface area (Å²) in [6.45, 7) is 4.57. The van der Waals surface area contributed by atoms with Gasteiger partial charge in [-0.25, -0.2) is 4.98 Å². The first kappa shape index (κ1) is 11.5. The predicted molar refractivity (Wildman–Crippen MR) is 50.6 cm³/mol. The Morgan fingerprint density at radius 2 is 2.08 bits per heavy atom. The molecule has 0 aromatic carbocycles. The van der Waals surface area contributed by atoms with Gasteiger partial charge in [0.1, 0.15) is 5.76 Å². The number of rotatable bonds is 3. The van der Waals surface area contributed by atoms with Crippen molar-refractivity contribution < 1.29 is 4.42 Å². The van der Waals surface area contributed by atoms with Crippen LogP contribution in [0.5, 0.6) is 0 Å². The summed E-state index contributed by atoms with van der Waals surface area (Å²) in [5.74, 6) is 1.72. The van der Waals surface area contributed by atoms with Crippen LogP contribution in [0.2, 0.25) is 0 Å². The van der Waals surface area contributed by atoms with Gasteiger partial charge in [0.05, 0.1) is 5.69 Å². The zero-order valence-corrected chi connectivity index (χ0v) is 8.28. The van der Waals surface area contributed by atoms with E-state index >= 15 is 0 Å². The molecule has 12 heavy (non-hydrogen) atoms. The fraction of sp³-hybridized carbons (Fsp3) is 0.625. The zero-order chi connectivity index (χ0) is 8.27. The fourth-order valence-electron chi connectivity index (χ4n) is 0.899. The van der Waals surface area contributed by atoms with Gasteiger partial charge in [0.15, 0.2) is 5.89 Å². The van der Waals surface area contributed by atoms with Gasteiger partial charge < -0.3 is 10.2 Å². The highest BCUT2D eigenvalue weighted by atomic mass is 35.5. The van der Waals surface area contributed by atoms with Gasteiger partial charge in [0.25, 0.3) is 0 Å². The van der Waals surface area contributed by atoms with Gasteiger partial charge in [0, 0.05) is 6.42 Å². The Morgan fingerprint density at radius 3 is 2.50 bits per heavy atom. The van der Waals surface area contributed by atoms with Crippen molar-refractivity contribution in [2.24, 2.45) is 5.73 Å². The van der Waals surface area contributed by atoms with E-state index in [4.69, 9.17) is 10.2 Å². The van der Waals surface area contributed by atoms with Gasteiger partial charge in [-0.3, -0.25) is 0 Å². The highest BCUT2D eigenvalue weighted by Crippen LogP contribution is 2.09. The van der Waals surface area contributed by atoms with Gasteiger partial charge in [-0.2, -0.15) is 0 Å². The summed E-state index contributed by atoms with van der Waals surface area (Å²) in [6.07, 6.45) is 1.80. The lowest BCUT2D eigenvalue weighted by molar-refractivity contribution is 0.465. The molecule has 1 aromatic heterocycles. The summed E-state index contributed by atoms with van der Waals surface area (Å²) in [4.78, 5) is 4.23. The van der Waals surface area contributed by atoms with Crippen LogP contribution in [0.25, 0.3) is 0 Å². The monoisotopic (exact) mass is 190 g/mol. The van der Waals surface area contributed by atoms with Crippen molar-refractivity contribution in [1.82, 2.24) is 4.98 Å². The third-order valence-corrected chi connectivity index (χ3v) is 1.67. The van der Waals surface area contributed by atoms with Crippen LogP contribution in [0.15, 0.2) is 4.42 Å². The Bertz CT molecular complexity index is 215. The molecule has 0 spiro atoms. The topological polar surface area (TPSA) is 52.0 Å². The molecule has 0 bridgehead atoms. The van der Waals surface area contributed by atoms with Crippen LogP contribution < -0.4 is 5.73 Å². The van der Waals surface area contributed by atoms with Crippen molar-refractivity contribution in [2.45, 2.75) is 26.7 Å². The molecule has 70 valence electrons. The molecule has 1 aromatic rings. The smallest absolute Gasteiger partial charge is 0.194 e. The Kier molecular flexibility index (Phi) is 4.93. The van der Waals surface area contributed by atoms with E-state index in [0.29, 0.717) is 6.54 Å². The van der Waals surface area contributed by atoms with E-state index in [1.807, 2.05) is 13.8 Å². The van der Waals surface area contributed by atoms with Crippen molar-refractivity contribution >= 4 is 12.4 Å². The van der Waals surface area contributed by atoms with Gasteiger partial charge in [0.2, 0.25) is 0 Å². The molecule has 4 heteroatoms. The maximum absolute atomic E-state index is 5.35. The number of hydrogen-bond donors (Lipinski definition) is 1. The second-order valence-corrected chi connectivity index (χ2v) is 2.64. The number of aromatic nitrogens is 1. The maximum atomic E-state index is 5.35. The summed E-state index contributed by atoms with van der Waals surface area (Å²) in [6, 6.07) is 0. The number of nitrogens with two attached hydrogens (primary N) is 1. The van der Waals surface area contributed by atoms with Crippen molar-refractivity contribution in [3.05, 3.63) is 17.3 Å². The number of aryl methyl sites for hydroxylation is 3. The van der Waals surface area contributed by atoms with Gasteiger partial charge in [-0.15, -0.1) is 12.4 Å². The van der Waals surface area contributed by atoms with Crippen LogP contribution in [0.3, 0.4) is 0 Å². The molecule has 0 amide bonds. The first-order chi connectivity index (χ1) is 5.24. The van der Waals surface area contributed by atoms with E-state index in [2.05, 4.69) is 4.98 Å². The average Bonchev–Trinajstić information content (AvgIpc) is 2.28. The molecule has 0 atom stereocenters. The van der Waals surface area contributed by atoms with Gasteiger partial charge in [-0.05, 0) is 26.8 Å². The minimum Gasteiger partial charge on any atom is -0.446 e. The summed E-state index contributed by atoms with van der Waals surface area (Å²) in [5.41, 5.74) is 6.34. The lowest BCUT2D eigenvalue weighted by atomic mass is 10.3. The van der Waals surface area contributed by atoms with E-state index in [9.17, 15) is 0 Å².